The van der Waals surface area contributed by atoms with E-state index in [1.165, 1.54) is 0 Å². The Bertz CT molecular complexity index is 492. The largest absolute Gasteiger partial charge is 0.436 e. The molecule has 2 rings (SSSR count). The second-order valence-corrected chi connectivity index (χ2v) is 3.55. The van der Waals surface area contributed by atoms with Crippen LogP contribution in [0.4, 0.5) is 0 Å². The summed E-state index contributed by atoms with van der Waals surface area (Å²) in [5, 5.41) is 4.01. The molecule has 0 saturated carbocycles. The number of aryl methyl sites for hydroxylation is 2. The van der Waals surface area contributed by atoms with Gasteiger partial charge in [0.15, 0.2) is 5.75 Å². The van der Waals surface area contributed by atoms with E-state index in [9.17, 15) is 0 Å². The molecule has 0 bridgehead atoms. The first-order chi connectivity index (χ1) is 7.69. The van der Waals surface area contributed by atoms with Crippen molar-refractivity contribution in [2.45, 2.75) is 13.5 Å². The van der Waals surface area contributed by atoms with Crippen LogP contribution < -0.4 is 10.5 Å². The van der Waals surface area contributed by atoms with E-state index in [0.29, 0.717) is 18.2 Å². The summed E-state index contributed by atoms with van der Waals surface area (Å²) in [6, 6.07) is 3.73. The van der Waals surface area contributed by atoms with Gasteiger partial charge < -0.3 is 10.5 Å². The van der Waals surface area contributed by atoms with Crippen LogP contribution in [-0.2, 0) is 13.6 Å². The Morgan fingerprint density at radius 1 is 1.44 bits per heavy atom. The molecule has 0 aliphatic rings. The first-order valence-electron chi connectivity index (χ1n) is 5.02. The van der Waals surface area contributed by atoms with Crippen molar-refractivity contribution in [2.24, 2.45) is 12.8 Å². The number of hydrogen-bond acceptors (Lipinski definition) is 4. The third-order valence-corrected chi connectivity index (χ3v) is 2.29. The maximum absolute atomic E-state index is 5.56. The molecule has 0 fully saturated rings. The van der Waals surface area contributed by atoms with Gasteiger partial charge in [-0.1, -0.05) is 6.07 Å². The van der Waals surface area contributed by atoms with Crippen LogP contribution in [0, 0.1) is 6.92 Å². The average molecular weight is 218 g/mol. The van der Waals surface area contributed by atoms with Gasteiger partial charge in [0.05, 0.1) is 12.4 Å². The van der Waals surface area contributed by atoms with Crippen molar-refractivity contribution in [1.29, 1.82) is 0 Å². The maximum Gasteiger partial charge on any atom is 0.219 e. The lowest BCUT2D eigenvalue weighted by Gasteiger charge is -2.05. The fourth-order valence-electron chi connectivity index (χ4n) is 1.41. The molecule has 0 spiro atoms. The highest BCUT2D eigenvalue weighted by Crippen LogP contribution is 2.19. The van der Waals surface area contributed by atoms with Crippen molar-refractivity contribution >= 4 is 0 Å². The topological polar surface area (TPSA) is 66.0 Å². The number of ether oxygens (including phenoxy) is 1. The fraction of sp³-hybridized carbons (Fsp3) is 0.273. The minimum atomic E-state index is 0.492. The summed E-state index contributed by atoms with van der Waals surface area (Å²) >= 11 is 0. The molecule has 84 valence electrons. The van der Waals surface area contributed by atoms with Crippen molar-refractivity contribution < 1.29 is 4.74 Å². The van der Waals surface area contributed by atoms with Crippen LogP contribution in [0.2, 0.25) is 0 Å². The van der Waals surface area contributed by atoms with Crippen LogP contribution in [0.15, 0.2) is 24.5 Å². The molecule has 0 saturated heterocycles. The molecule has 2 N–H and O–H groups in total. The normalized spacial score (nSPS) is 10.4. The number of nitrogens with two attached hydrogens (primary N) is 1. The summed E-state index contributed by atoms with van der Waals surface area (Å²) in [5.74, 6) is 1.23. The number of rotatable bonds is 3. The van der Waals surface area contributed by atoms with Crippen LogP contribution in [0.5, 0.6) is 11.6 Å². The summed E-state index contributed by atoms with van der Waals surface area (Å²) in [6.45, 7) is 2.41. The Kier molecular flexibility index (Phi) is 2.87. The van der Waals surface area contributed by atoms with Gasteiger partial charge in [-0.15, -0.1) is 0 Å². The maximum atomic E-state index is 5.56. The van der Waals surface area contributed by atoms with Gasteiger partial charge in [-0.05, 0) is 12.5 Å². The van der Waals surface area contributed by atoms with Crippen LogP contribution in [-0.4, -0.2) is 14.8 Å². The summed E-state index contributed by atoms with van der Waals surface area (Å²) in [7, 11) is 1.84. The molecule has 0 aliphatic heterocycles. The summed E-state index contributed by atoms with van der Waals surface area (Å²) < 4.78 is 7.22. The molecule has 2 heterocycles. The zero-order chi connectivity index (χ0) is 11.5. The third kappa shape index (κ3) is 2.20. The minimum Gasteiger partial charge on any atom is -0.436 e. The Morgan fingerprint density at radius 3 is 2.81 bits per heavy atom. The van der Waals surface area contributed by atoms with E-state index in [0.717, 1.165) is 11.3 Å². The predicted octanol–water partition coefficient (Wildman–Crippen LogP) is 1.37. The first kappa shape index (κ1) is 10.6. The number of nitrogens with zero attached hydrogens (tertiary/aromatic N) is 3. The number of hydrogen-bond donors (Lipinski definition) is 1. The molecule has 0 amide bonds. The van der Waals surface area contributed by atoms with Crippen LogP contribution in [0.3, 0.4) is 0 Å². The summed E-state index contributed by atoms with van der Waals surface area (Å²) in [5.41, 5.74) is 7.48. The molecule has 2 aromatic heterocycles. The zero-order valence-corrected chi connectivity index (χ0v) is 9.34. The Morgan fingerprint density at radius 2 is 2.25 bits per heavy atom. The van der Waals surface area contributed by atoms with Crippen molar-refractivity contribution in [3.8, 4) is 11.6 Å². The minimum absolute atomic E-state index is 0.492. The van der Waals surface area contributed by atoms with E-state index in [2.05, 4.69) is 10.1 Å². The van der Waals surface area contributed by atoms with Gasteiger partial charge in [0, 0.05) is 25.4 Å². The Hall–Kier alpha value is -1.88. The lowest BCUT2D eigenvalue weighted by molar-refractivity contribution is 0.460. The highest BCUT2D eigenvalue weighted by atomic mass is 16.5. The van der Waals surface area contributed by atoms with E-state index in [-0.39, 0.29) is 0 Å². The van der Waals surface area contributed by atoms with E-state index >= 15 is 0 Å². The van der Waals surface area contributed by atoms with Crippen molar-refractivity contribution in [3.05, 3.63) is 35.8 Å². The lowest BCUT2D eigenvalue weighted by atomic mass is 10.2. The molecule has 0 aromatic carbocycles. The fourth-order valence-corrected chi connectivity index (χ4v) is 1.41. The zero-order valence-electron chi connectivity index (χ0n) is 9.34. The molecule has 0 aliphatic carbocycles. The number of aromatic nitrogens is 3. The monoisotopic (exact) mass is 218 g/mol. The van der Waals surface area contributed by atoms with Crippen LogP contribution in [0.1, 0.15) is 11.3 Å². The quantitative estimate of drug-likeness (QED) is 0.845. The van der Waals surface area contributed by atoms with E-state index in [1.54, 1.807) is 17.1 Å². The van der Waals surface area contributed by atoms with Crippen molar-refractivity contribution in [1.82, 2.24) is 14.8 Å². The van der Waals surface area contributed by atoms with Crippen molar-refractivity contribution in [3.63, 3.8) is 0 Å². The van der Waals surface area contributed by atoms with E-state index in [1.807, 2.05) is 26.1 Å². The highest BCUT2D eigenvalue weighted by molar-refractivity contribution is 5.27. The van der Waals surface area contributed by atoms with Gasteiger partial charge in [0.1, 0.15) is 0 Å². The van der Waals surface area contributed by atoms with Gasteiger partial charge >= 0.3 is 0 Å². The molecular formula is C11H14N4O. The van der Waals surface area contributed by atoms with Gasteiger partial charge in [0.2, 0.25) is 5.88 Å². The molecule has 5 heteroatoms. The Balaban J connectivity index is 2.19. The molecule has 0 radical (unpaired) electrons. The van der Waals surface area contributed by atoms with Gasteiger partial charge in [-0.3, -0.25) is 4.68 Å². The first-order valence-corrected chi connectivity index (χ1v) is 5.02. The average Bonchev–Trinajstić information content (AvgIpc) is 2.64. The van der Waals surface area contributed by atoms with Gasteiger partial charge in [-0.25, -0.2) is 4.98 Å². The molecular weight excluding hydrogens is 204 g/mol. The highest BCUT2D eigenvalue weighted by Gasteiger charge is 2.03. The smallest absolute Gasteiger partial charge is 0.219 e. The second kappa shape index (κ2) is 4.32. The number of pyridine rings is 1. The molecule has 0 unspecified atom stereocenters. The summed E-state index contributed by atoms with van der Waals surface area (Å²) in [4.78, 5) is 4.31. The molecule has 2 aromatic rings. The van der Waals surface area contributed by atoms with Gasteiger partial charge in [0.25, 0.3) is 0 Å². The molecule has 0 atom stereocenters. The SMILES string of the molecule is Cc1nc(Oc2cnn(C)c2)ccc1CN. The van der Waals surface area contributed by atoms with Crippen LogP contribution >= 0.6 is 0 Å². The second-order valence-electron chi connectivity index (χ2n) is 3.55. The third-order valence-electron chi connectivity index (χ3n) is 2.29. The molecule has 5 nitrogen and oxygen atoms in total. The lowest BCUT2D eigenvalue weighted by Crippen LogP contribution is -2.01. The van der Waals surface area contributed by atoms with Gasteiger partial charge in [-0.2, -0.15) is 5.10 Å². The Labute approximate surface area is 93.9 Å². The molecule has 16 heavy (non-hydrogen) atoms. The van der Waals surface area contributed by atoms with E-state index < -0.39 is 0 Å². The van der Waals surface area contributed by atoms with E-state index in [4.69, 9.17) is 10.5 Å². The summed E-state index contributed by atoms with van der Waals surface area (Å²) in [6.07, 6.45) is 3.43. The van der Waals surface area contributed by atoms with Crippen LogP contribution in [0.25, 0.3) is 0 Å². The standard InChI is InChI=1S/C11H14N4O/c1-8-9(5-12)3-4-11(14-8)16-10-6-13-15(2)7-10/h3-4,6-7H,5,12H2,1-2H3. The van der Waals surface area contributed by atoms with Crippen molar-refractivity contribution in [2.75, 3.05) is 0 Å². The predicted molar refractivity (Wildman–Crippen MR) is 60.1 cm³/mol.